The highest BCUT2D eigenvalue weighted by atomic mass is 16.5. The Bertz CT molecular complexity index is 612. The van der Waals surface area contributed by atoms with Crippen molar-refractivity contribution in [2.75, 3.05) is 11.5 Å². The molecule has 0 fully saturated rings. The maximum absolute atomic E-state index is 6.04. The highest BCUT2D eigenvalue weighted by Gasteiger charge is 2.44. The highest BCUT2D eigenvalue weighted by Crippen LogP contribution is 2.38. The van der Waals surface area contributed by atoms with E-state index in [-0.39, 0.29) is 6.23 Å². The molecule has 0 aliphatic carbocycles. The maximum atomic E-state index is 6.04. The van der Waals surface area contributed by atoms with Crippen molar-refractivity contribution in [2.45, 2.75) is 25.6 Å². The van der Waals surface area contributed by atoms with Gasteiger partial charge in [-0.05, 0) is 31.5 Å². The number of nitrogens with zero attached hydrogens (tertiary/aromatic N) is 2. The fourth-order valence-electron chi connectivity index (χ4n) is 2.77. The Balaban J connectivity index is 1.99. The molecule has 1 aliphatic rings. The lowest BCUT2D eigenvalue weighted by Crippen LogP contribution is -2.44. The van der Waals surface area contributed by atoms with Crippen LogP contribution in [0.4, 0.5) is 5.69 Å². The van der Waals surface area contributed by atoms with E-state index in [0.29, 0.717) is 6.61 Å². The van der Waals surface area contributed by atoms with Gasteiger partial charge in [0.05, 0.1) is 6.34 Å². The second kappa shape index (κ2) is 5.70. The van der Waals surface area contributed by atoms with E-state index >= 15 is 0 Å². The molecule has 0 saturated carbocycles. The molecule has 3 rings (SSSR count). The van der Waals surface area contributed by atoms with Crippen LogP contribution in [0, 0.1) is 0 Å². The SMILES string of the molecule is CCO[C@@H]1N(c2ccccc2)C=N[C@]1(C)c1ccccc1. The normalized spacial score (nSPS) is 24.5. The van der Waals surface area contributed by atoms with Crippen LogP contribution in [0.25, 0.3) is 0 Å². The van der Waals surface area contributed by atoms with E-state index in [1.54, 1.807) is 0 Å². The lowest BCUT2D eigenvalue weighted by molar-refractivity contribution is 0.0260. The topological polar surface area (TPSA) is 24.8 Å². The quantitative estimate of drug-likeness (QED) is 0.850. The molecule has 0 radical (unpaired) electrons. The van der Waals surface area contributed by atoms with E-state index in [4.69, 9.17) is 9.73 Å². The molecule has 2 aromatic rings. The number of anilines is 1. The zero-order chi connectivity index (χ0) is 14.7. The van der Waals surface area contributed by atoms with Crippen molar-refractivity contribution < 1.29 is 4.74 Å². The average Bonchev–Trinajstić information content (AvgIpc) is 2.88. The van der Waals surface area contributed by atoms with Crippen molar-refractivity contribution >= 4 is 12.0 Å². The molecule has 0 amide bonds. The number of para-hydroxylation sites is 1. The van der Waals surface area contributed by atoms with E-state index in [9.17, 15) is 0 Å². The molecule has 1 heterocycles. The average molecular weight is 280 g/mol. The van der Waals surface area contributed by atoms with Gasteiger partial charge in [-0.2, -0.15) is 0 Å². The first kappa shape index (κ1) is 13.8. The van der Waals surface area contributed by atoms with Crippen LogP contribution in [0.5, 0.6) is 0 Å². The van der Waals surface area contributed by atoms with Gasteiger partial charge in [0.2, 0.25) is 0 Å². The summed E-state index contributed by atoms with van der Waals surface area (Å²) in [4.78, 5) is 6.88. The standard InChI is InChI=1S/C18H20N2O/c1-3-21-17-18(2,15-10-6-4-7-11-15)19-14-20(17)16-12-8-5-9-13-16/h4-14,17H,3H2,1-2H3/t17-,18+/m0/s1. The number of rotatable bonds is 4. The van der Waals surface area contributed by atoms with Gasteiger partial charge in [-0.15, -0.1) is 0 Å². The Kier molecular flexibility index (Phi) is 3.76. The summed E-state index contributed by atoms with van der Waals surface area (Å²) in [6.45, 7) is 4.80. The summed E-state index contributed by atoms with van der Waals surface area (Å²) in [5.74, 6) is 0. The third-order valence-electron chi connectivity index (χ3n) is 3.92. The molecule has 0 spiro atoms. The summed E-state index contributed by atoms with van der Waals surface area (Å²) in [6.07, 6.45) is 1.76. The van der Waals surface area contributed by atoms with E-state index < -0.39 is 5.54 Å². The molecule has 0 unspecified atom stereocenters. The third-order valence-corrected chi connectivity index (χ3v) is 3.92. The summed E-state index contributed by atoms with van der Waals surface area (Å²) < 4.78 is 6.04. The molecule has 108 valence electrons. The number of ether oxygens (including phenoxy) is 1. The number of benzene rings is 2. The molecular weight excluding hydrogens is 260 g/mol. The fourth-order valence-corrected chi connectivity index (χ4v) is 2.77. The number of hydrogen-bond donors (Lipinski definition) is 0. The van der Waals surface area contributed by atoms with E-state index in [1.165, 1.54) is 0 Å². The number of hydrogen-bond acceptors (Lipinski definition) is 3. The van der Waals surface area contributed by atoms with Crippen LogP contribution in [-0.2, 0) is 10.3 Å². The first-order valence-corrected chi connectivity index (χ1v) is 7.31. The van der Waals surface area contributed by atoms with Gasteiger partial charge in [0.1, 0.15) is 5.54 Å². The first-order valence-electron chi connectivity index (χ1n) is 7.31. The Hall–Kier alpha value is -2.13. The predicted octanol–water partition coefficient (Wildman–Crippen LogP) is 3.81. The van der Waals surface area contributed by atoms with Crippen LogP contribution in [0.1, 0.15) is 19.4 Å². The highest BCUT2D eigenvalue weighted by molar-refractivity contribution is 5.83. The van der Waals surface area contributed by atoms with Gasteiger partial charge in [-0.1, -0.05) is 48.5 Å². The smallest absolute Gasteiger partial charge is 0.164 e. The van der Waals surface area contributed by atoms with E-state index in [2.05, 4.69) is 36.1 Å². The van der Waals surface area contributed by atoms with Crippen LogP contribution in [0.15, 0.2) is 65.7 Å². The van der Waals surface area contributed by atoms with Crippen LogP contribution >= 0.6 is 0 Å². The number of aliphatic imine (C=N–C) groups is 1. The summed E-state index contributed by atoms with van der Waals surface area (Å²) in [7, 11) is 0. The molecule has 3 heteroatoms. The van der Waals surface area contributed by atoms with Crippen molar-refractivity contribution in [2.24, 2.45) is 4.99 Å². The fraction of sp³-hybridized carbons (Fsp3) is 0.278. The molecule has 0 aromatic heterocycles. The first-order chi connectivity index (χ1) is 10.3. The van der Waals surface area contributed by atoms with Crippen LogP contribution in [0.3, 0.4) is 0 Å². The van der Waals surface area contributed by atoms with E-state index in [1.807, 2.05) is 49.7 Å². The largest absolute Gasteiger partial charge is 0.355 e. The summed E-state index contributed by atoms with van der Waals surface area (Å²) in [5.41, 5.74) is 1.87. The Morgan fingerprint density at radius 3 is 2.29 bits per heavy atom. The molecular formula is C18H20N2O. The minimum absolute atomic E-state index is 0.132. The molecule has 1 aliphatic heterocycles. The molecule has 2 aromatic carbocycles. The molecule has 2 atom stereocenters. The third kappa shape index (κ3) is 2.45. The molecule has 0 bridgehead atoms. The van der Waals surface area contributed by atoms with Gasteiger partial charge >= 0.3 is 0 Å². The molecule has 3 nitrogen and oxygen atoms in total. The zero-order valence-electron chi connectivity index (χ0n) is 12.4. The van der Waals surface area contributed by atoms with Crippen molar-refractivity contribution in [1.29, 1.82) is 0 Å². The van der Waals surface area contributed by atoms with Crippen molar-refractivity contribution in [3.63, 3.8) is 0 Å². The van der Waals surface area contributed by atoms with Crippen LogP contribution in [-0.4, -0.2) is 19.2 Å². The second-order valence-corrected chi connectivity index (χ2v) is 5.31. The monoisotopic (exact) mass is 280 g/mol. The maximum Gasteiger partial charge on any atom is 0.164 e. The molecule has 0 N–H and O–H groups in total. The molecule has 0 saturated heterocycles. The Labute approximate surface area is 125 Å². The lowest BCUT2D eigenvalue weighted by Gasteiger charge is -2.34. The minimum atomic E-state index is -0.396. The summed E-state index contributed by atoms with van der Waals surface area (Å²) >= 11 is 0. The zero-order valence-corrected chi connectivity index (χ0v) is 12.4. The van der Waals surface area contributed by atoms with Gasteiger partial charge < -0.3 is 9.64 Å². The minimum Gasteiger partial charge on any atom is -0.355 e. The van der Waals surface area contributed by atoms with Gasteiger partial charge in [0.15, 0.2) is 6.23 Å². The predicted molar refractivity (Wildman–Crippen MR) is 86.6 cm³/mol. The second-order valence-electron chi connectivity index (χ2n) is 5.31. The Morgan fingerprint density at radius 1 is 1.05 bits per heavy atom. The van der Waals surface area contributed by atoms with Crippen LogP contribution < -0.4 is 4.90 Å². The van der Waals surface area contributed by atoms with E-state index in [0.717, 1.165) is 11.3 Å². The van der Waals surface area contributed by atoms with Crippen molar-refractivity contribution in [1.82, 2.24) is 0 Å². The summed E-state index contributed by atoms with van der Waals surface area (Å²) in [5, 5.41) is 0. The summed E-state index contributed by atoms with van der Waals surface area (Å²) in [6, 6.07) is 20.6. The van der Waals surface area contributed by atoms with Crippen LogP contribution in [0.2, 0.25) is 0 Å². The lowest BCUT2D eigenvalue weighted by atomic mass is 9.91. The van der Waals surface area contributed by atoms with Gasteiger partial charge in [0.25, 0.3) is 0 Å². The Morgan fingerprint density at radius 2 is 1.67 bits per heavy atom. The van der Waals surface area contributed by atoms with Gasteiger partial charge in [-0.25, -0.2) is 0 Å². The van der Waals surface area contributed by atoms with Gasteiger partial charge in [-0.3, -0.25) is 4.99 Å². The molecule has 21 heavy (non-hydrogen) atoms. The van der Waals surface area contributed by atoms with Crippen molar-refractivity contribution in [3.8, 4) is 0 Å². The van der Waals surface area contributed by atoms with Crippen molar-refractivity contribution in [3.05, 3.63) is 66.2 Å². The van der Waals surface area contributed by atoms with Gasteiger partial charge in [0, 0.05) is 12.3 Å².